The molecule has 8 heteroatoms. The summed E-state index contributed by atoms with van der Waals surface area (Å²) in [6.45, 7) is -0.951. The third-order valence-corrected chi connectivity index (χ3v) is 2.83. The topological polar surface area (TPSA) is 45.9 Å². The van der Waals surface area contributed by atoms with Gasteiger partial charge in [0.2, 0.25) is 5.88 Å². The van der Waals surface area contributed by atoms with Crippen molar-refractivity contribution in [3.05, 3.63) is 20.9 Å². The van der Waals surface area contributed by atoms with Crippen molar-refractivity contribution in [1.29, 1.82) is 5.26 Å². The molecule has 0 aliphatic heterocycles. The van der Waals surface area contributed by atoms with E-state index in [-0.39, 0.29) is 21.2 Å². The maximum absolute atomic E-state index is 12.6. The van der Waals surface area contributed by atoms with Crippen LogP contribution in [0.5, 0.6) is 5.88 Å². The molecule has 0 saturated heterocycles. The highest BCUT2D eigenvalue weighted by Crippen LogP contribution is 2.29. The van der Waals surface area contributed by atoms with Crippen LogP contribution >= 0.6 is 22.6 Å². The fraction of sp³-hybridized carbons (Fsp3) is 0.333. The van der Waals surface area contributed by atoms with Gasteiger partial charge in [-0.1, -0.05) is 0 Å². The number of halogens is 5. The Morgan fingerprint density at radius 3 is 2.59 bits per heavy atom. The maximum atomic E-state index is 12.6. The Labute approximate surface area is 108 Å². The molecule has 0 aliphatic rings. The summed E-state index contributed by atoms with van der Waals surface area (Å²) in [5.74, 6) is -0.724. The second-order valence-corrected chi connectivity index (χ2v) is 3.99. The standard InChI is InChI=1S/C9H5F4IN2O/c10-4-5-3-6(1-2-15)16-8(7(5)14)17-9(11,12)13/h3H,1,4H2. The van der Waals surface area contributed by atoms with E-state index >= 15 is 0 Å². The van der Waals surface area contributed by atoms with Crippen LogP contribution in [0.4, 0.5) is 17.6 Å². The van der Waals surface area contributed by atoms with Crippen molar-refractivity contribution in [3.8, 4) is 11.9 Å². The Bertz CT molecular complexity index is 456. The summed E-state index contributed by atoms with van der Waals surface area (Å²) in [5.41, 5.74) is 0.0601. The number of alkyl halides is 4. The van der Waals surface area contributed by atoms with Gasteiger partial charge < -0.3 is 4.74 Å². The van der Waals surface area contributed by atoms with Crippen molar-refractivity contribution in [2.45, 2.75) is 19.5 Å². The summed E-state index contributed by atoms with van der Waals surface area (Å²) in [4.78, 5) is 3.52. The second-order valence-electron chi connectivity index (χ2n) is 2.91. The van der Waals surface area contributed by atoms with Crippen molar-refractivity contribution < 1.29 is 22.3 Å². The molecule has 0 amide bonds. The van der Waals surface area contributed by atoms with Crippen molar-refractivity contribution in [2.75, 3.05) is 0 Å². The highest BCUT2D eigenvalue weighted by molar-refractivity contribution is 14.1. The quantitative estimate of drug-likeness (QED) is 0.615. The average molecular weight is 360 g/mol. The van der Waals surface area contributed by atoms with E-state index in [1.54, 1.807) is 6.07 Å². The molecule has 0 aliphatic carbocycles. The Morgan fingerprint density at radius 2 is 2.12 bits per heavy atom. The summed E-state index contributed by atoms with van der Waals surface area (Å²) in [7, 11) is 0. The molecule has 0 N–H and O–H groups in total. The Balaban J connectivity index is 3.19. The molecule has 1 aromatic heterocycles. The number of pyridine rings is 1. The van der Waals surface area contributed by atoms with Gasteiger partial charge in [-0.05, 0) is 28.7 Å². The zero-order chi connectivity index (χ0) is 13.1. The van der Waals surface area contributed by atoms with Gasteiger partial charge in [0.25, 0.3) is 0 Å². The monoisotopic (exact) mass is 360 g/mol. The highest BCUT2D eigenvalue weighted by atomic mass is 127. The van der Waals surface area contributed by atoms with Crippen LogP contribution in [0.1, 0.15) is 11.3 Å². The number of rotatable bonds is 3. The summed E-state index contributed by atoms with van der Waals surface area (Å²) in [6.07, 6.45) is -5.11. The van der Waals surface area contributed by atoms with E-state index in [9.17, 15) is 17.6 Å². The minimum absolute atomic E-state index is 0.0186. The Morgan fingerprint density at radius 1 is 1.47 bits per heavy atom. The first-order chi connectivity index (χ1) is 7.87. The largest absolute Gasteiger partial charge is 0.574 e. The van der Waals surface area contributed by atoms with Crippen molar-refractivity contribution in [2.24, 2.45) is 0 Å². The van der Waals surface area contributed by atoms with E-state index in [4.69, 9.17) is 5.26 Å². The third kappa shape index (κ3) is 3.99. The molecule has 0 spiro atoms. The summed E-state index contributed by atoms with van der Waals surface area (Å²) >= 11 is 1.52. The van der Waals surface area contributed by atoms with Gasteiger partial charge in [0, 0.05) is 5.56 Å². The molecule has 1 rings (SSSR count). The highest BCUT2D eigenvalue weighted by Gasteiger charge is 2.33. The van der Waals surface area contributed by atoms with Crippen LogP contribution in [0, 0.1) is 14.9 Å². The van der Waals surface area contributed by atoms with E-state index in [0.29, 0.717) is 0 Å². The van der Waals surface area contributed by atoms with Crippen molar-refractivity contribution in [1.82, 2.24) is 4.98 Å². The van der Waals surface area contributed by atoms with E-state index in [2.05, 4.69) is 9.72 Å². The normalized spacial score (nSPS) is 11.1. The van der Waals surface area contributed by atoms with Crippen LogP contribution in [0.25, 0.3) is 0 Å². The first kappa shape index (κ1) is 14.0. The molecule has 0 bridgehead atoms. The molecule has 0 saturated carbocycles. The molecule has 0 radical (unpaired) electrons. The van der Waals surface area contributed by atoms with Crippen LogP contribution in [-0.4, -0.2) is 11.3 Å². The van der Waals surface area contributed by atoms with Gasteiger partial charge in [-0.15, -0.1) is 13.2 Å². The van der Waals surface area contributed by atoms with Gasteiger partial charge in [0.1, 0.15) is 6.67 Å². The van der Waals surface area contributed by atoms with E-state index in [0.717, 1.165) is 0 Å². The number of aromatic nitrogens is 1. The lowest BCUT2D eigenvalue weighted by Gasteiger charge is -2.12. The SMILES string of the molecule is N#CCc1cc(CF)c(I)c(OC(F)(F)F)n1. The van der Waals surface area contributed by atoms with Gasteiger partial charge >= 0.3 is 6.36 Å². The molecule has 0 fully saturated rings. The van der Waals surface area contributed by atoms with Crippen molar-refractivity contribution >= 4 is 22.6 Å². The predicted octanol–water partition coefficient (Wildman–Crippen LogP) is 3.12. The molecular formula is C9H5F4IN2O. The van der Waals surface area contributed by atoms with Crippen molar-refractivity contribution in [3.63, 3.8) is 0 Å². The van der Waals surface area contributed by atoms with Crippen LogP contribution < -0.4 is 4.74 Å². The Kier molecular flexibility index (Phi) is 4.50. The molecule has 1 aromatic rings. The first-order valence-electron chi connectivity index (χ1n) is 4.24. The van der Waals surface area contributed by atoms with E-state index < -0.39 is 18.9 Å². The third-order valence-electron chi connectivity index (χ3n) is 1.67. The van der Waals surface area contributed by atoms with Crippen LogP contribution in [0.15, 0.2) is 6.07 Å². The number of hydrogen-bond donors (Lipinski definition) is 0. The zero-order valence-electron chi connectivity index (χ0n) is 8.18. The van der Waals surface area contributed by atoms with E-state index in [1.165, 1.54) is 28.7 Å². The zero-order valence-corrected chi connectivity index (χ0v) is 10.3. The maximum Gasteiger partial charge on any atom is 0.574 e. The van der Waals surface area contributed by atoms with Crippen LogP contribution in [-0.2, 0) is 13.1 Å². The first-order valence-corrected chi connectivity index (χ1v) is 5.32. The second kappa shape index (κ2) is 5.48. The summed E-state index contributed by atoms with van der Waals surface area (Å²) in [5, 5.41) is 8.43. The fourth-order valence-corrected chi connectivity index (χ4v) is 1.59. The molecule has 0 unspecified atom stereocenters. The molecule has 0 atom stereocenters. The number of nitrogens with zero attached hydrogens (tertiary/aromatic N) is 2. The Hall–Kier alpha value is -1.11. The summed E-state index contributed by atoms with van der Waals surface area (Å²) < 4.78 is 52.3. The fourth-order valence-electron chi connectivity index (χ4n) is 1.06. The molecule has 0 aromatic carbocycles. The minimum atomic E-state index is -4.90. The van der Waals surface area contributed by atoms with Crippen LogP contribution in [0.3, 0.4) is 0 Å². The van der Waals surface area contributed by atoms with Gasteiger partial charge in [-0.3, -0.25) is 0 Å². The molecule has 3 nitrogen and oxygen atoms in total. The predicted molar refractivity (Wildman–Crippen MR) is 57.8 cm³/mol. The molecule has 1 heterocycles. The summed E-state index contributed by atoms with van der Waals surface area (Å²) in [6, 6.07) is 2.96. The number of nitriles is 1. The lowest BCUT2D eigenvalue weighted by atomic mass is 10.2. The number of hydrogen-bond acceptors (Lipinski definition) is 3. The van der Waals surface area contributed by atoms with Crippen LogP contribution in [0.2, 0.25) is 0 Å². The van der Waals surface area contributed by atoms with Gasteiger partial charge in [0.15, 0.2) is 0 Å². The molecule has 17 heavy (non-hydrogen) atoms. The molecular weight excluding hydrogens is 355 g/mol. The van der Waals surface area contributed by atoms with Gasteiger partial charge in [0.05, 0.1) is 21.8 Å². The molecule has 92 valence electrons. The van der Waals surface area contributed by atoms with E-state index in [1.807, 2.05) is 0 Å². The van der Waals surface area contributed by atoms with Gasteiger partial charge in [-0.25, -0.2) is 9.37 Å². The average Bonchev–Trinajstić information content (AvgIpc) is 2.21. The lowest BCUT2D eigenvalue weighted by molar-refractivity contribution is -0.276. The van der Waals surface area contributed by atoms with Gasteiger partial charge in [-0.2, -0.15) is 5.26 Å². The minimum Gasteiger partial charge on any atom is -0.387 e. The lowest BCUT2D eigenvalue weighted by Crippen LogP contribution is -2.19. The smallest absolute Gasteiger partial charge is 0.387 e. The number of ether oxygens (including phenoxy) is 1.